The highest BCUT2D eigenvalue weighted by Crippen LogP contribution is 2.46. The standard InChI is InChI=1S/C24H12ClNS/c25-17-11-12-20-22-21-14(6-4-10-19(21)27-20)16-8-3-7-15-13-5-1-2-9-18(13)26(23(15)16)24(17)22/h1-12H. The minimum atomic E-state index is 0.802. The van der Waals surface area contributed by atoms with Gasteiger partial charge in [0, 0.05) is 36.3 Å². The Morgan fingerprint density at radius 1 is 0.593 bits per heavy atom. The monoisotopic (exact) mass is 381 g/mol. The third-order valence-corrected chi connectivity index (χ3v) is 7.22. The summed E-state index contributed by atoms with van der Waals surface area (Å²) in [6.07, 6.45) is 0. The van der Waals surface area contributed by atoms with Gasteiger partial charge in [-0.2, -0.15) is 0 Å². The fraction of sp³-hybridized carbons (Fsp3) is 0. The predicted molar refractivity (Wildman–Crippen MR) is 119 cm³/mol. The SMILES string of the molecule is Clc1ccc2sc3cccc4c5cccc6c7ccccc7n(c1c2c34)c56. The van der Waals surface area contributed by atoms with Gasteiger partial charge in [-0.3, -0.25) is 0 Å². The van der Waals surface area contributed by atoms with Gasteiger partial charge in [-0.25, -0.2) is 0 Å². The van der Waals surface area contributed by atoms with Crippen LogP contribution in [0.25, 0.3) is 58.3 Å². The molecule has 3 heterocycles. The summed E-state index contributed by atoms with van der Waals surface area (Å²) >= 11 is 8.70. The number of hydrogen-bond acceptors (Lipinski definition) is 1. The number of para-hydroxylation sites is 2. The lowest BCUT2D eigenvalue weighted by Crippen LogP contribution is -1.85. The second kappa shape index (κ2) is 4.72. The zero-order chi connectivity index (χ0) is 17.7. The van der Waals surface area contributed by atoms with Crippen LogP contribution in [0.1, 0.15) is 0 Å². The van der Waals surface area contributed by atoms with Crippen molar-refractivity contribution in [1.82, 2.24) is 4.40 Å². The van der Waals surface area contributed by atoms with Crippen LogP contribution in [-0.2, 0) is 0 Å². The van der Waals surface area contributed by atoms with Gasteiger partial charge in [-0.15, -0.1) is 11.3 Å². The van der Waals surface area contributed by atoms with Gasteiger partial charge in [0.2, 0.25) is 0 Å². The van der Waals surface area contributed by atoms with Crippen molar-refractivity contribution in [2.45, 2.75) is 0 Å². The maximum atomic E-state index is 6.86. The molecule has 126 valence electrons. The highest BCUT2D eigenvalue weighted by Gasteiger charge is 2.20. The summed E-state index contributed by atoms with van der Waals surface area (Å²) in [6, 6.07) is 26.1. The van der Waals surface area contributed by atoms with Crippen LogP contribution in [0.15, 0.2) is 72.8 Å². The van der Waals surface area contributed by atoms with E-state index in [1.807, 2.05) is 17.4 Å². The van der Waals surface area contributed by atoms with Crippen LogP contribution >= 0.6 is 22.9 Å². The van der Waals surface area contributed by atoms with Crippen molar-refractivity contribution in [3.05, 3.63) is 77.8 Å². The number of rotatable bonds is 0. The molecule has 0 atom stereocenters. The van der Waals surface area contributed by atoms with E-state index in [0.29, 0.717) is 0 Å². The van der Waals surface area contributed by atoms with Crippen molar-refractivity contribution < 1.29 is 0 Å². The number of fused-ring (bicyclic) bond motifs is 5. The largest absolute Gasteiger partial charge is 0.306 e. The van der Waals surface area contributed by atoms with E-state index in [1.54, 1.807) is 0 Å². The van der Waals surface area contributed by atoms with Crippen molar-refractivity contribution >= 4 is 81.2 Å². The minimum Gasteiger partial charge on any atom is -0.306 e. The molecule has 0 aliphatic carbocycles. The van der Waals surface area contributed by atoms with Gasteiger partial charge in [0.15, 0.2) is 0 Å². The molecule has 0 aliphatic heterocycles. The first-order chi connectivity index (χ1) is 13.3. The van der Waals surface area contributed by atoms with Crippen LogP contribution in [0.4, 0.5) is 0 Å². The normalized spacial score (nSPS) is 12.6. The van der Waals surface area contributed by atoms with Crippen molar-refractivity contribution in [2.24, 2.45) is 0 Å². The topological polar surface area (TPSA) is 4.41 Å². The van der Waals surface area contributed by atoms with Crippen molar-refractivity contribution in [2.75, 3.05) is 0 Å². The average molecular weight is 382 g/mol. The molecule has 0 aliphatic rings. The fourth-order valence-corrected chi connectivity index (χ4v) is 6.15. The molecule has 0 fully saturated rings. The smallest absolute Gasteiger partial charge is 0.0742 e. The molecule has 0 radical (unpaired) electrons. The number of aromatic nitrogens is 1. The van der Waals surface area contributed by atoms with Crippen molar-refractivity contribution in [1.29, 1.82) is 0 Å². The molecule has 3 aromatic heterocycles. The molecule has 1 nitrogen and oxygen atoms in total. The van der Waals surface area contributed by atoms with E-state index >= 15 is 0 Å². The summed E-state index contributed by atoms with van der Waals surface area (Å²) in [6.45, 7) is 0. The second-order valence-electron chi connectivity index (χ2n) is 7.10. The molecule has 0 unspecified atom stereocenters. The summed E-state index contributed by atoms with van der Waals surface area (Å²) in [5.74, 6) is 0. The average Bonchev–Trinajstić information content (AvgIpc) is 3.19. The molecular weight excluding hydrogens is 370 g/mol. The van der Waals surface area contributed by atoms with E-state index in [1.165, 1.54) is 52.8 Å². The Hall–Kier alpha value is -2.81. The quantitative estimate of drug-likeness (QED) is 0.252. The predicted octanol–water partition coefficient (Wildman–Crippen LogP) is 7.86. The lowest BCUT2D eigenvalue weighted by Gasteiger charge is -2.03. The Morgan fingerprint density at radius 2 is 1.30 bits per heavy atom. The van der Waals surface area contributed by atoms with Crippen LogP contribution in [0.5, 0.6) is 0 Å². The molecule has 7 rings (SSSR count). The zero-order valence-corrected chi connectivity index (χ0v) is 15.7. The molecule has 0 saturated carbocycles. The second-order valence-corrected chi connectivity index (χ2v) is 8.60. The number of benzene rings is 4. The van der Waals surface area contributed by atoms with Gasteiger partial charge < -0.3 is 4.40 Å². The van der Waals surface area contributed by atoms with Gasteiger partial charge in [0.05, 0.1) is 21.6 Å². The molecule has 4 aromatic carbocycles. The third kappa shape index (κ3) is 1.58. The van der Waals surface area contributed by atoms with Gasteiger partial charge in [0.25, 0.3) is 0 Å². The van der Waals surface area contributed by atoms with E-state index < -0.39 is 0 Å². The molecule has 0 saturated heterocycles. The highest BCUT2D eigenvalue weighted by atomic mass is 35.5. The van der Waals surface area contributed by atoms with Gasteiger partial charge in [-0.1, -0.05) is 60.1 Å². The third-order valence-electron chi connectivity index (χ3n) is 5.80. The lowest BCUT2D eigenvalue weighted by molar-refractivity contribution is 1.36. The molecule has 0 spiro atoms. The van der Waals surface area contributed by atoms with Crippen molar-refractivity contribution in [3.8, 4) is 0 Å². The number of thiophene rings is 1. The summed E-state index contributed by atoms with van der Waals surface area (Å²) in [5, 5.41) is 8.54. The van der Waals surface area contributed by atoms with Crippen molar-refractivity contribution in [3.63, 3.8) is 0 Å². The van der Waals surface area contributed by atoms with Gasteiger partial charge >= 0.3 is 0 Å². The number of halogens is 1. The summed E-state index contributed by atoms with van der Waals surface area (Å²) in [4.78, 5) is 0. The Bertz CT molecular complexity index is 1690. The van der Waals surface area contributed by atoms with E-state index in [4.69, 9.17) is 11.6 Å². The first-order valence-corrected chi connectivity index (χ1v) is 10.2. The van der Waals surface area contributed by atoms with Crippen LogP contribution in [0.3, 0.4) is 0 Å². The zero-order valence-electron chi connectivity index (χ0n) is 14.2. The number of hydrogen-bond donors (Lipinski definition) is 0. The Labute approximate surface area is 163 Å². The Kier molecular flexibility index (Phi) is 2.49. The summed E-state index contributed by atoms with van der Waals surface area (Å²) < 4.78 is 4.99. The first-order valence-electron chi connectivity index (χ1n) is 8.99. The summed E-state index contributed by atoms with van der Waals surface area (Å²) in [7, 11) is 0. The Balaban J connectivity index is 2.08. The minimum absolute atomic E-state index is 0.802. The maximum absolute atomic E-state index is 6.86. The highest BCUT2D eigenvalue weighted by molar-refractivity contribution is 7.26. The fourth-order valence-electron chi connectivity index (χ4n) is 4.78. The van der Waals surface area contributed by atoms with E-state index in [-0.39, 0.29) is 0 Å². The lowest BCUT2D eigenvalue weighted by atomic mass is 10.0. The Morgan fingerprint density at radius 3 is 2.22 bits per heavy atom. The van der Waals surface area contributed by atoms with E-state index in [0.717, 1.165) is 10.5 Å². The van der Waals surface area contributed by atoms with Crippen LogP contribution < -0.4 is 0 Å². The van der Waals surface area contributed by atoms with E-state index in [9.17, 15) is 0 Å². The van der Waals surface area contributed by atoms with Crippen LogP contribution in [0.2, 0.25) is 5.02 Å². The molecule has 7 aromatic rings. The maximum Gasteiger partial charge on any atom is 0.0742 e. The first kappa shape index (κ1) is 14.3. The molecule has 0 N–H and O–H groups in total. The van der Waals surface area contributed by atoms with Crippen LogP contribution in [-0.4, -0.2) is 4.40 Å². The molecule has 0 bridgehead atoms. The number of nitrogens with zero attached hydrogens (tertiary/aromatic N) is 1. The molecular formula is C24H12ClNS. The molecule has 3 heteroatoms. The van der Waals surface area contributed by atoms with Gasteiger partial charge in [-0.05, 0) is 29.7 Å². The van der Waals surface area contributed by atoms with Gasteiger partial charge in [0.1, 0.15) is 0 Å². The van der Waals surface area contributed by atoms with E-state index in [2.05, 4.69) is 71.1 Å². The van der Waals surface area contributed by atoms with Crippen LogP contribution in [0, 0.1) is 0 Å². The molecule has 0 amide bonds. The summed E-state index contributed by atoms with van der Waals surface area (Å²) in [5.41, 5.74) is 3.58. The molecule has 27 heavy (non-hydrogen) atoms.